The van der Waals surface area contributed by atoms with Crippen molar-refractivity contribution in [3.63, 3.8) is 0 Å². The normalized spacial score (nSPS) is 13.5. The average Bonchev–Trinajstić information content (AvgIpc) is 3.07. The predicted molar refractivity (Wildman–Crippen MR) is 87.6 cm³/mol. The number of aromatic nitrogens is 2. The number of carbonyl (C=O) groups excluding carboxylic acids is 1. The van der Waals surface area contributed by atoms with Crippen LogP contribution in [0.25, 0.3) is 11.4 Å². The lowest BCUT2D eigenvalue weighted by Crippen LogP contribution is -2.38. The summed E-state index contributed by atoms with van der Waals surface area (Å²) >= 11 is 0. The molecule has 6 nitrogen and oxygen atoms in total. The third-order valence-corrected chi connectivity index (χ3v) is 3.92. The summed E-state index contributed by atoms with van der Waals surface area (Å²) < 4.78 is 23.7. The summed E-state index contributed by atoms with van der Waals surface area (Å²) in [6.45, 7) is 2.05. The summed E-state index contributed by atoms with van der Waals surface area (Å²) in [5.41, 5.74) is 2.33. The maximum absolute atomic E-state index is 13.0. The van der Waals surface area contributed by atoms with Crippen LogP contribution >= 0.6 is 0 Å². The molecule has 0 saturated carbocycles. The lowest BCUT2D eigenvalue weighted by molar-refractivity contribution is -0.121. The van der Waals surface area contributed by atoms with Crippen molar-refractivity contribution in [1.82, 2.24) is 10.1 Å². The van der Waals surface area contributed by atoms with Crippen LogP contribution in [0.3, 0.4) is 0 Å². The first-order valence-electron chi connectivity index (χ1n) is 7.72. The first kappa shape index (κ1) is 15.3. The summed E-state index contributed by atoms with van der Waals surface area (Å²) in [6, 6.07) is 11.4. The molecule has 0 N–H and O–H groups in total. The largest absolute Gasteiger partial charge is 0.482 e. The highest BCUT2D eigenvalue weighted by molar-refractivity contribution is 5.97. The van der Waals surface area contributed by atoms with E-state index in [0.717, 1.165) is 5.56 Å². The molecule has 0 bridgehead atoms. The number of rotatable bonds is 3. The second kappa shape index (κ2) is 6.01. The van der Waals surface area contributed by atoms with Gasteiger partial charge in [-0.2, -0.15) is 4.98 Å². The van der Waals surface area contributed by atoms with E-state index in [2.05, 4.69) is 10.1 Å². The van der Waals surface area contributed by atoms with E-state index in [1.165, 1.54) is 12.1 Å². The lowest BCUT2D eigenvalue weighted by atomic mass is 10.1. The number of fused-ring (bicyclic) bond motifs is 1. The molecule has 1 aliphatic rings. The van der Waals surface area contributed by atoms with Crippen molar-refractivity contribution < 1.29 is 18.4 Å². The lowest BCUT2D eigenvalue weighted by Gasteiger charge is -2.28. The van der Waals surface area contributed by atoms with Crippen LogP contribution in [0.2, 0.25) is 0 Å². The van der Waals surface area contributed by atoms with Gasteiger partial charge in [-0.1, -0.05) is 11.2 Å². The van der Waals surface area contributed by atoms with Gasteiger partial charge >= 0.3 is 0 Å². The molecule has 4 rings (SSSR count). The third-order valence-electron chi connectivity index (χ3n) is 3.92. The zero-order valence-electron chi connectivity index (χ0n) is 13.4. The highest BCUT2D eigenvalue weighted by Gasteiger charge is 2.27. The Kier molecular flexibility index (Phi) is 3.68. The topological polar surface area (TPSA) is 68.5 Å². The smallest absolute Gasteiger partial charge is 0.265 e. The van der Waals surface area contributed by atoms with Gasteiger partial charge in [0.25, 0.3) is 5.91 Å². The number of hydrogen-bond donors (Lipinski definition) is 0. The molecule has 2 heterocycles. The van der Waals surface area contributed by atoms with Crippen LogP contribution in [-0.2, 0) is 11.3 Å². The Morgan fingerprint density at radius 2 is 2.00 bits per heavy atom. The zero-order chi connectivity index (χ0) is 17.4. The van der Waals surface area contributed by atoms with Crippen molar-refractivity contribution in [2.45, 2.75) is 13.5 Å². The van der Waals surface area contributed by atoms with Gasteiger partial charge in [0, 0.05) is 5.56 Å². The van der Waals surface area contributed by atoms with Crippen molar-refractivity contribution >= 4 is 11.6 Å². The van der Waals surface area contributed by atoms with Crippen LogP contribution in [0, 0.1) is 12.7 Å². The Morgan fingerprint density at radius 1 is 1.20 bits per heavy atom. The number of aryl methyl sites for hydroxylation is 1. The Labute approximate surface area is 142 Å². The van der Waals surface area contributed by atoms with Crippen LogP contribution < -0.4 is 9.64 Å². The van der Waals surface area contributed by atoms with Crippen LogP contribution in [0.1, 0.15) is 11.5 Å². The maximum Gasteiger partial charge on any atom is 0.265 e. The van der Waals surface area contributed by atoms with Crippen LogP contribution in [0.5, 0.6) is 5.75 Å². The first-order chi connectivity index (χ1) is 12.1. The summed E-state index contributed by atoms with van der Waals surface area (Å²) in [7, 11) is 0. The monoisotopic (exact) mass is 339 g/mol. The van der Waals surface area contributed by atoms with Crippen LogP contribution in [0.15, 0.2) is 47.0 Å². The fourth-order valence-electron chi connectivity index (χ4n) is 2.66. The summed E-state index contributed by atoms with van der Waals surface area (Å²) in [5, 5.41) is 3.90. The molecule has 1 aliphatic heterocycles. The van der Waals surface area contributed by atoms with E-state index < -0.39 is 0 Å². The number of benzene rings is 2. The molecule has 7 heteroatoms. The van der Waals surface area contributed by atoms with E-state index in [4.69, 9.17) is 9.26 Å². The first-order valence-corrected chi connectivity index (χ1v) is 7.72. The van der Waals surface area contributed by atoms with Gasteiger partial charge in [0.15, 0.2) is 6.61 Å². The van der Waals surface area contributed by atoms with Gasteiger partial charge in [-0.25, -0.2) is 4.39 Å². The Morgan fingerprint density at radius 3 is 2.80 bits per heavy atom. The fourth-order valence-corrected chi connectivity index (χ4v) is 2.66. The molecular weight excluding hydrogens is 325 g/mol. The van der Waals surface area contributed by atoms with E-state index in [1.807, 2.05) is 25.1 Å². The Bertz CT molecular complexity index is 937. The highest BCUT2D eigenvalue weighted by Crippen LogP contribution is 2.33. The number of hydrogen-bond acceptors (Lipinski definition) is 5. The molecule has 1 amide bonds. The molecule has 0 saturated heterocycles. The van der Waals surface area contributed by atoms with Gasteiger partial charge in [0.1, 0.15) is 18.1 Å². The highest BCUT2D eigenvalue weighted by atomic mass is 19.1. The van der Waals surface area contributed by atoms with Crippen LogP contribution in [0.4, 0.5) is 10.1 Å². The second-order valence-electron chi connectivity index (χ2n) is 5.76. The van der Waals surface area contributed by atoms with Crippen molar-refractivity contribution in [2.24, 2.45) is 0 Å². The Hall–Kier alpha value is -3.22. The van der Waals surface area contributed by atoms with E-state index in [9.17, 15) is 9.18 Å². The minimum atomic E-state index is -0.335. The SMILES string of the molecule is Cc1ccc2c(c1)N(Cc1nc(-c3ccc(F)cc3)no1)C(=O)CO2. The molecule has 25 heavy (non-hydrogen) atoms. The number of carbonyl (C=O) groups is 1. The molecule has 0 unspecified atom stereocenters. The van der Waals surface area contributed by atoms with Gasteiger partial charge in [0.2, 0.25) is 11.7 Å². The number of ether oxygens (including phenoxy) is 1. The van der Waals surface area contributed by atoms with Crippen molar-refractivity contribution in [2.75, 3.05) is 11.5 Å². The average molecular weight is 339 g/mol. The van der Waals surface area contributed by atoms with Gasteiger partial charge in [-0.15, -0.1) is 0 Å². The minimum absolute atomic E-state index is 0.0327. The van der Waals surface area contributed by atoms with E-state index >= 15 is 0 Å². The van der Waals surface area contributed by atoms with Gasteiger partial charge in [-0.3, -0.25) is 9.69 Å². The fraction of sp³-hybridized carbons (Fsp3) is 0.167. The molecule has 0 fully saturated rings. The van der Waals surface area contributed by atoms with Crippen molar-refractivity contribution in [3.8, 4) is 17.1 Å². The zero-order valence-corrected chi connectivity index (χ0v) is 13.4. The van der Waals surface area contributed by atoms with Crippen molar-refractivity contribution in [3.05, 3.63) is 59.7 Å². The standard InChI is InChI=1S/C18H14FN3O3/c1-11-2-7-15-14(8-11)22(17(23)10-24-15)9-16-20-18(21-25-16)12-3-5-13(19)6-4-12/h2-8H,9-10H2,1H3. The van der Waals surface area contributed by atoms with E-state index in [0.29, 0.717) is 28.7 Å². The number of nitrogens with zero attached hydrogens (tertiary/aromatic N) is 3. The molecule has 126 valence electrons. The van der Waals surface area contributed by atoms with E-state index in [1.54, 1.807) is 17.0 Å². The predicted octanol–water partition coefficient (Wildman–Crippen LogP) is 3.11. The molecule has 2 aromatic carbocycles. The molecule has 1 aromatic heterocycles. The quantitative estimate of drug-likeness (QED) is 0.733. The second-order valence-corrected chi connectivity index (χ2v) is 5.76. The summed E-state index contributed by atoms with van der Waals surface area (Å²) in [6.07, 6.45) is 0. The molecular formula is C18H14FN3O3. The van der Waals surface area contributed by atoms with Gasteiger partial charge in [0.05, 0.1) is 5.69 Å². The molecule has 3 aromatic rings. The number of halogens is 1. The Balaban J connectivity index is 1.62. The molecule has 0 spiro atoms. The minimum Gasteiger partial charge on any atom is -0.482 e. The molecule has 0 radical (unpaired) electrons. The van der Waals surface area contributed by atoms with E-state index in [-0.39, 0.29) is 24.9 Å². The summed E-state index contributed by atoms with van der Waals surface area (Å²) in [5.74, 6) is 0.767. The van der Waals surface area contributed by atoms with Gasteiger partial charge in [-0.05, 0) is 48.9 Å². The summed E-state index contributed by atoms with van der Waals surface area (Å²) in [4.78, 5) is 18.1. The third kappa shape index (κ3) is 2.96. The number of amides is 1. The van der Waals surface area contributed by atoms with Crippen LogP contribution in [-0.4, -0.2) is 22.7 Å². The maximum atomic E-state index is 13.0. The molecule has 0 aliphatic carbocycles. The van der Waals surface area contributed by atoms with Gasteiger partial charge < -0.3 is 9.26 Å². The molecule has 0 atom stereocenters. The van der Waals surface area contributed by atoms with Crippen molar-refractivity contribution in [1.29, 1.82) is 0 Å². The number of anilines is 1.